The molecule has 31 heavy (non-hydrogen) atoms. The van der Waals surface area contributed by atoms with Crippen molar-refractivity contribution in [1.29, 1.82) is 0 Å². The molecule has 6 fully saturated rings. The molecule has 5 unspecified atom stereocenters. The van der Waals surface area contributed by atoms with Gasteiger partial charge in [0.2, 0.25) is 0 Å². The average molecular weight is 442 g/mol. The molecular weight excluding hydrogens is 414 g/mol. The lowest BCUT2D eigenvalue weighted by molar-refractivity contribution is -0.226. The van der Waals surface area contributed by atoms with Crippen molar-refractivity contribution in [2.24, 2.45) is 23.7 Å². The molecule has 7 nitrogen and oxygen atoms in total. The van der Waals surface area contributed by atoms with Gasteiger partial charge in [-0.05, 0) is 62.7 Å². The van der Waals surface area contributed by atoms with Crippen LogP contribution >= 0.6 is 0 Å². The Kier molecular flexibility index (Phi) is 5.03. The molecule has 0 aromatic heterocycles. The van der Waals surface area contributed by atoms with Crippen molar-refractivity contribution < 1.29 is 42.1 Å². The SMILES string of the molecule is CC(F)(F)C(=O)OC1C2CC3CC1CC(OCC(=O)OC1CCC4CC1OC4=O)(C3)C2. The van der Waals surface area contributed by atoms with Crippen LogP contribution in [0.15, 0.2) is 0 Å². The van der Waals surface area contributed by atoms with Gasteiger partial charge in [0.1, 0.15) is 24.9 Å². The number of carbonyl (C=O) groups excluding carboxylic acids is 3. The second-order valence-electron chi connectivity index (χ2n) is 10.2. The van der Waals surface area contributed by atoms with Gasteiger partial charge in [-0.3, -0.25) is 4.79 Å². The maximum Gasteiger partial charge on any atom is 0.376 e. The average Bonchev–Trinajstić information content (AvgIpc) is 2.99. The fraction of sp³-hybridized carbons (Fsp3) is 0.864. The lowest BCUT2D eigenvalue weighted by Crippen LogP contribution is -2.59. The molecule has 5 atom stereocenters. The van der Waals surface area contributed by atoms with Crippen LogP contribution < -0.4 is 0 Å². The number of alkyl halides is 2. The highest BCUT2D eigenvalue weighted by Gasteiger charge is 2.58. The summed E-state index contributed by atoms with van der Waals surface area (Å²) in [6.45, 7) is 0.366. The third kappa shape index (κ3) is 3.94. The Bertz CT molecular complexity index is 762. The second-order valence-corrected chi connectivity index (χ2v) is 10.2. The molecule has 0 radical (unpaired) electrons. The van der Waals surface area contributed by atoms with Crippen LogP contribution in [0, 0.1) is 23.7 Å². The van der Waals surface area contributed by atoms with Crippen LogP contribution in [0.5, 0.6) is 0 Å². The summed E-state index contributed by atoms with van der Waals surface area (Å²) in [5.74, 6) is -5.38. The minimum Gasteiger partial charge on any atom is -0.458 e. The Balaban J connectivity index is 1.16. The van der Waals surface area contributed by atoms with Crippen LogP contribution in [0.2, 0.25) is 0 Å². The molecule has 0 amide bonds. The van der Waals surface area contributed by atoms with Gasteiger partial charge >= 0.3 is 23.8 Å². The topological polar surface area (TPSA) is 88.1 Å². The van der Waals surface area contributed by atoms with Crippen molar-refractivity contribution in [3.63, 3.8) is 0 Å². The molecule has 6 aliphatic rings. The molecule has 0 spiro atoms. The van der Waals surface area contributed by atoms with Gasteiger partial charge in [0.25, 0.3) is 0 Å². The zero-order valence-corrected chi connectivity index (χ0v) is 17.5. The highest BCUT2D eigenvalue weighted by Crippen LogP contribution is 2.58. The molecule has 6 rings (SSSR count). The number of carbonyl (C=O) groups is 3. The normalized spacial score (nSPS) is 42.9. The molecule has 6 bridgehead atoms. The molecule has 9 heteroatoms. The first-order valence-electron chi connectivity index (χ1n) is 11.2. The molecular formula is C22H28F2O7. The van der Waals surface area contributed by atoms with Crippen molar-refractivity contribution in [3.8, 4) is 0 Å². The van der Waals surface area contributed by atoms with E-state index in [1.165, 1.54) is 0 Å². The van der Waals surface area contributed by atoms with E-state index in [4.69, 9.17) is 18.9 Å². The van der Waals surface area contributed by atoms with Gasteiger partial charge in [-0.1, -0.05) is 0 Å². The summed E-state index contributed by atoms with van der Waals surface area (Å²) in [5, 5.41) is 0. The van der Waals surface area contributed by atoms with E-state index in [0.29, 0.717) is 44.9 Å². The first kappa shape index (κ1) is 21.1. The monoisotopic (exact) mass is 442 g/mol. The molecule has 0 N–H and O–H groups in total. The summed E-state index contributed by atoms with van der Waals surface area (Å²) in [7, 11) is 0. The number of rotatable bonds is 6. The van der Waals surface area contributed by atoms with E-state index in [9.17, 15) is 23.2 Å². The molecule has 1 saturated heterocycles. The maximum atomic E-state index is 13.3. The molecule has 1 aliphatic heterocycles. The van der Waals surface area contributed by atoms with E-state index in [1.807, 2.05) is 0 Å². The highest BCUT2D eigenvalue weighted by atomic mass is 19.3. The van der Waals surface area contributed by atoms with E-state index in [0.717, 1.165) is 19.3 Å². The van der Waals surface area contributed by atoms with Crippen molar-refractivity contribution >= 4 is 17.9 Å². The third-order valence-electron chi connectivity index (χ3n) is 7.84. The molecule has 5 aliphatic carbocycles. The fourth-order valence-corrected chi connectivity index (χ4v) is 6.73. The fourth-order valence-electron chi connectivity index (χ4n) is 6.73. The first-order chi connectivity index (χ1) is 14.6. The minimum atomic E-state index is -3.50. The Morgan fingerprint density at radius 1 is 1.10 bits per heavy atom. The number of hydrogen-bond donors (Lipinski definition) is 0. The summed E-state index contributed by atoms with van der Waals surface area (Å²) in [5.41, 5.74) is -0.495. The minimum absolute atomic E-state index is 0.0262. The predicted octanol–water partition coefficient (Wildman–Crippen LogP) is 2.79. The maximum absolute atomic E-state index is 13.3. The predicted molar refractivity (Wildman–Crippen MR) is 99.8 cm³/mol. The standard InChI is InChI=1S/C22H28F2O7/c1-21(23,24)20(27)31-18-13-4-11-5-14(18)9-22(7-11,8-13)28-10-17(25)29-15-3-2-12-6-16(15)30-19(12)26/h11-16,18H,2-10H2,1H3. The van der Waals surface area contributed by atoms with Crippen LogP contribution in [-0.2, 0) is 33.3 Å². The van der Waals surface area contributed by atoms with Crippen LogP contribution in [0.1, 0.15) is 58.3 Å². The van der Waals surface area contributed by atoms with E-state index in [-0.39, 0.29) is 36.4 Å². The van der Waals surface area contributed by atoms with Gasteiger partial charge in [-0.15, -0.1) is 0 Å². The highest BCUT2D eigenvalue weighted by molar-refractivity contribution is 5.77. The van der Waals surface area contributed by atoms with E-state index < -0.39 is 35.7 Å². The summed E-state index contributed by atoms with van der Waals surface area (Å²) in [6, 6.07) is 0. The summed E-state index contributed by atoms with van der Waals surface area (Å²) >= 11 is 0. The first-order valence-corrected chi connectivity index (χ1v) is 11.2. The quantitative estimate of drug-likeness (QED) is 0.462. The number of fused-ring (bicyclic) bond motifs is 2. The van der Waals surface area contributed by atoms with E-state index in [2.05, 4.69) is 0 Å². The number of hydrogen-bond acceptors (Lipinski definition) is 7. The Labute approximate surface area is 179 Å². The van der Waals surface area contributed by atoms with Gasteiger partial charge < -0.3 is 18.9 Å². The Hall–Kier alpha value is -1.77. The molecule has 172 valence electrons. The number of halogens is 2. The largest absolute Gasteiger partial charge is 0.458 e. The lowest BCUT2D eigenvalue weighted by atomic mass is 9.53. The molecule has 0 aromatic carbocycles. The number of esters is 3. The van der Waals surface area contributed by atoms with Crippen molar-refractivity contribution in [2.45, 2.75) is 88.1 Å². The van der Waals surface area contributed by atoms with E-state index in [1.54, 1.807) is 0 Å². The zero-order chi connectivity index (χ0) is 22.0. The van der Waals surface area contributed by atoms with Crippen molar-refractivity contribution in [1.82, 2.24) is 0 Å². The zero-order valence-electron chi connectivity index (χ0n) is 17.5. The Morgan fingerprint density at radius 2 is 1.81 bits per heavy atom. The third-order valence-corrected chi connectivity index (χ3v) is 7.84. The lowest BCUT2D eigenvalue weighted by Gasteiger charge is -2.58. The molecule has 5 saturated carbocycles. The van der Waals surface area contributed by atoms with Gasteiger partial charge in [-0.2, -0.15) is 8.78 Å². The Morgan fingerprint density at radius 3 is 2.48 bits per heavy atom. The van der Waals surface area contributed by atoms with Crippen LogP contribution in [0.25, 0.3) is 0 Å². The molecule has 0 aromatic rings. The molecule has 1 heterocycles. The number of ether oxygens (including phenoxy) is 4. The van der Waals surface area contributed by atoms with E-state index >= 15 is 0 Å². The smallest absolute Gasteiger partial charge is 0.376 e. The van der Waals surface area contributed by atoms with Crippen LogP contribution in [0.4, 0.5) is 8.78 Å². The summed E-state index contributed by atoms with van der Waals surface area (Å²) in [4.78, 5) is 35.8. The summed E-state index contributed by atoms with van der Waals surface area (Å²) in [6.07, 6.45) is 4.25. The van der Waals surface area contributed by atoms with Crippen molar-refractivity contribution in [2.75, 3.05) is 6.61 Å². The van der Waals surface area contributed by atoms with Gasteiger partial charge in [0.05, 0.1) is 11.5 Å². The van der Waals surface area contributed by atoms with Crippen molar-refractivity contribution in [3.05, 3.63) is 0 Å². The van der Waals surface area contributed by atoms with Crippen LogP contribution in [-0.4, -0.2) is 54.4 Å². The summed E-state index contributed by atoms with van der Waals surface area (Å²) < 4.78 is 48.8. The second kappa shape index (κ2) is 7.39. The van der Waals surface area contributed by atoms with Gasteiger partial charge in [0, 0.05) is 13.3 Å². The van der Waals surface area contributed by atoms with Gasteiger partial charge in [0.15, 0.2) is 0 Å². The van der Waals surface area contributed by atoms with Crippen LogP contribution in [0.3, 0.4) is 0 Å². The van der Waals surface area contributed by atoms with Gasteiger partial charge in [-0.25, -0.2) is 9.59 Å².